The molecule has 1 aliphatic heterocycles. The van der Waals surface area contributed by atoms with Gasteiger partial charge in [-0.15, -0.1) is 0 Å². The number of piperidine rings is 1. The Balaban J connectivity index is 1.66. The third-order valence-electron chi connectivity index (χ3n) is 5.35. The van der Waals surface area contributed by atoms with Gasteiger partial charge < -0.3 is 0 Å². The van der Waals surface area contributed by atoms with Crippen LogP contribution in [-0.2, 0) is 6.54 Å². The maximum absolute atomic E-state index is 4.44. The molecule has 3 aromatic rings. The molecular weight excluding hydrogens is 296 g/mol. The Hall–Kier alpha value is -2.20. The minimum atomic E-state index is 0.501. The molecule has 4 nitrogen and oxygen atoms in total. The molecule has 1 saturated heterocycles. The topological polar surface area (TPSA) is 33.4 Å². The largest absolute Gasteiger partial charge is 0.291 e. The molecule has 1 aliphatic rings. The highest BCUT2D eigenvalue weighted by Crippen LogP contribution is 2.34. The van der Waals surface area contributed by atoms with Crippen LogP contribution in [0.4, 0.5) is 0 Å². The lowest BCUT2D eigenvalue weighted by Crippen LogP contribution is -2.33. The van der Waals surface area contributed by atoms with Crippen LogP contribution in [0.5, 0.6) is 0 Å². The lowest BCUT2D eigenvalue weighted by atomic mass is 9.90. The molecule has 3 heterocycles. The van der Waals surface area contributed by atoms with E-state index >= 15 is 0 Å². The average molecular weight is 320 g/mol. The van der Waals surface area contributed by atoms with Crippen molar-refractivity contribution in [2.75, 3.05) is 6.54 Å². The summed E-state index contributed by atoms with van der Waals surface area (Å²) in [5.74, 6) is 0.785. The second-order valence-electron chi connectivity index (χ2n) is 6.81. The van der Waals surface area contributed by atoms with Gasteiger partial charge in [-0.25, -0.2) is 9.97 Å². The van der Waals surface area contributed by atoms with Crippen molar-refractivity contribution < 1.29 is 0 Å². The Morgan fingerprint density at radius 1 is 1.12 bits per heavy atom. The molecule has 0 saturated carbocycles. The summed E-state index contributed by atoms with van der Waals surface area (Å²) in [6, 6.07) is 9.18. The zero-order valence-corrected chi connectivity index (χ0v) is 14.4. The summed E-state index contributed by atoms with van der Waals surface area (Å²) in [5.41, 5.74) is 5.53. The number of nitrogens with zero attached hydrogens (tertiary/aromatic N) is 4. The van der Waals surface area contributed by atoms with E-state index < -0.39 is 0 Å². The Bertz CT molecular complexity index is 852. The van der Waals surface area contributed by atoms with Crippen LogP contribution in [0.2, 0.25) is 0 Å². The van der Waals surface area contributed by atoms with Crippen LogP contribution in [0.1, 0.15) is 47.7 Å². The van der Waals surface area contributed by atoms with E-state index in [-0.39, 0.29) is 0 Å². The summed E-state index contributed by atoms with van der Waals surface area (Å²) in [7, 11) is 0. The quantitative estimate of drug-likeness (QED) is 0.729. The number of benzene rings is 1. The fraction of sp³-hybridized carbons (Fsp3) is 0.400. The fourth-order valence-electron chi connectivity index (χ4n) is 3.87. The van der Waals surface area contributed by atoms with Crippen molar-refractivity contribution in [2.45, 2.75) is 45.7 Å². The van der Waals surface area contributed by atoms with Crippen LogP contribution in [0.25, 0.3) is 5.78 Å². The van der Waals surface area contributed by atoms with E-state index in [0.29, 0.717) is 6.04 Å². The second kappa shape index (κ2) is 6.36. The maximum atomic E-state index is 4.44. The van der Waals surface area contributed by atoms with E-state index in [9.17, 15) is 0 Å². The van der Waals surface area contributed by atoms with Gasteiger partial charge in [0.05, 0.1) is 11.9 Å². The number of rotatable bonds is 3. The summed E-state index contributed by atoms with van der Waals surface area (Å²) in [6.07, 6.45) is 9.64. The van der Waals surface area contributed by atoms with Gasteiger partial charge in [-0.3, -0.25) is 9.30 Å². The molecule has 2 aromatic heterocycles. The summed E-state index contributed by atoms with van der Waals surface area (Å²) in [5, 5.41) is 0. The predicted molar refractivity (Wildman–Crippen MR) is 95.9 cm³/mol. The van der Waals surface area contributed by atoms with E-state index in [4.69, 9.17) is 0 Å². The number of imidazole rings is 1. The van der Waals surface area contributed by atoms with Gasteiger partial charge in [0, 0.05) is 25.0 Å². The predicted octanol–water partition coefficient (Wildman–Crippen LogP) is 4.07. The number of likely N-dealkylation sites (tertiary alicyclic amines) is 1. The van der Waals surface area contributed by atoms with Gasteiger partial charge >= 0.3 is 0 Å². The molecule has 0 unspecified atom stereocenters. The zero-order chi connectivity index (χ0) is 16.5. The molecule has 24 heavy (non-hydrogen) atoms. The van der Waals surface area contributed by atoms with Crippen molar-refractivity contribution in [3.05, 3.63) is 65.2 Å². The summed E-state index contributed by atoms with van der Waals surface area (Å²) >= 11 is 0. The Morgan fingerprint density at radius 2 is 2.04 bits per heavy atom. The lowest BCUT2D eigenvalue weighted by Gasteiger charge is -2.37. The van der Waals surface area contributed by atoms with Crippen LogP contribution in [-0.4, -0.2) is 25.8 Å². The number of hydrogen-bond acceptors (Lipinski definition) is 3. The van der Waals surface area contributed by atoms with Gasteiger partial charge in [-0.1, -0.05) is 24.6 Å². The minimum Gasteiger partial charge on any atom is -0.291 e. The van der Waals surface area contributed by atoms with Crippen molar-refractivity contribution in [2.24, 2.45) is 0 Å². The molecule has 0 bridgehead atoms. The summed E-state index contributed by atoms with van der Waals surface area (Å²) < 4.78 is 2.11. The molecule has 0 amide bonds. The van der Waals surface area contributed by atoms with Crippen LogP contribution < -0.4 is 0 Å². The molecule has 1 atom stereocenters. The second-order valence-corrected chi connectivity index (χ2v) is 6.81. The van der Waals surface area contributed by atoms with E-state index in [2.05, 4.69) is 57.5 Å². The normalized spacial score (nSPS) is 19.0. The lowest BCUT2D eigenvalue weighted by molar-refractivity contribution is 0.138. The number of hydrogen-bond donors (Lipinski definition) is 0. The highest BCUT2D eigenvalue weighted by atomic mass is 15.2. The van der Waals surface area contributed by atoms with E-state index in [1.807, 2.05) is 12.3 Å². The summed E-state index contributed by atoms with van der Waals surface area (Å²) in [6.45, 7) is 6.54. The Labute approximate surface area is 143 Å². The third kappa shape index (κ3) is 2.71. The molecule has 1 aromatic carbocycles. The van der Waals surface area contributed by atoms with Crippen molar-refractivity contribution in [3.63, 3.8) is 0 Å². The molecule has 0 N–H and O–H groups in total. The van der Waals surface area contributed by atoms with E-state index in [1.165, 1.54) is 41.6 Å². The molecule has 4 rings (SSSR count). The first kappa shape index (κ1) is 15.3. The Morgan fingerprint density at radius 3 is 2.96 bits per heavy atom. The molecule has 124 valence electrons. The molecule has 4 heteroatoms. The highest BCUT2D eigenvalue weighted by Gasteiger charge is 2.26. The van der Waals surface area contributed by atoms with Gasteiger partial charge in [0.1, 0.15) is 0 Å². The molecule has 0 radical (unpaired) electrons. The van der Waals surface area contributed by atoms with Gasteiger partial charge in [-0.2, -0.15) is 0 Å². The van der Waals surface area contributed by atoms with E-state index in [1.54, 1.807) is 6.20 Å². The number of fused-ring (bicyclic) bond motifs is 1. The van der Waals surface area contributed by atoms with E-state index in [0.717, 1.165) is 18.9 Å². The standard InChI is InChI=1S/C20H24N4/c1-15-7-5-8-18(16(15)2)19-9-3-4-11-23(19)14-17-13-22-20-21-10-6-12-24(17)20/h5-8,10,12-13,19H,3-4,9,11,14H2,1-2H3/t19-/m1/s1. The number of aryl methyl sites for hydroxylation is 1. The maximum Gasteiger partial charge on any atom is 0.233 e. The van der Waals surface area contributed by atoms with Crippen LogP contribution >= 0.6 is 0 Å². The highest BCUT2D eigenvalue weighted by molar-refractivity contribution is 5.36. The van der Waals surface area contributed by atoms with Crippen molar-refractivity contribution >= 4 is 5.78 Å². The number of aromatic nitrogens is 3. The van der Waals surface area contributed by atoms with Crippen LogP contribution in [0.15, 0.2) is 42.9 Å². The minimum absolute atomic E-state index is 0.501. The Kier molecular flexibility index (Phi) is 4.07. The molecule has 0 spiro atoms. The molecular formula is C20H24N4. The van der Waals surface area contributed by atoms with Gasteiger partial charge in [0.15, 0.2) is 0 Å². The zero-order valence-electron chi connectivity index (χ0n) is 14.4. The first-order valence-corrected chi connectivity index (χ1v) is 8.81. The van der Waals surface area contributed by atoms with Crippen molar-refractivity contribution in [1.29, 1.82) is 0 Å². The first-order valence-electron chi connectivity index (χ1n) is 8.81. The van der Waals surface area contributed by atoms with Crippen molar-refractivity contribution in [1.82, 2.24) is 19.3 Å². The molecule has 1 fully saturated rings. The smallest absolute Gasteiger partial charge is 0.233 e. The van der Waals surface area contributed by atoms with Gasteiger partial charge in [0.2, 0.25) is 5.78 Å². The monoisotopic (exact) mass is 320 g/mol. The SMILES string of the molecule is Cc1cccc([C@H]2CCCCN2Cc2cnc3ncccn23)c1C. The van der Waals surface area contributed by atoms with Crippen molar-refractivity contribution in [3.8, 4) is 0 Å². The average Bonchev–Trinajstić information content (AvgIpc) is 3.01. The van der Waals surface area contributed by atoms with Crippen LogP contribution in [0, 0.1) is 13.8 Å². The third-order valence-corrected chi connectivity index (χ3v) is 5.35. The fourth-order valence-corrected chi connectivity index (χ4v) is 3.87. The van der Waals surface area contributed by atoms with Gasteiger partial charge in [0.25, 0.3) is 0 Å². The van der Waals surface area contributed by atoms with Gasteiger partial charge in [-0.05, 0) is 56.0 Å². The first-order chi connectivity index (χ1) is 11.7. The summed E-state index contributed by atoms with van der Waals surface area (Å²) in [4.78, 5) is 11.4. The van der Waals surface area contributed by atoms with Crippen LogP contribution in [0.3, 0.4) is 0 Å². The molecule has 0 aliphatic carbocycles.